The molecule has 0 saturated carbocycles. The van der Waals surface area contributed by atoms with Crippen LogP contribution in [0.1, 0.15) is 27.6 Å². The van der Waals surface area contributed by atoms with Gasteiger partial charge in [-0.25, -0.2) is 17.6 Å². The zero-order valence-corrected chi connectivity index (χ0v) is 18.7. The molecule has 170 valence electrons. The molecule has 2 aromatic carbocycles. The molecule has 0 atom stereocenters. The summed E-state index contributed by atoms with van der Waals surface area (Å²) >= 11 is 10.4. The average molecular weight is 487 g/mol. The Morgan fingerprint density at radius 2 is 1.12 bits per heavy atom. The van der Waals surface area contributed by atoms with E-state index >= 15 is 0 Å². The van der Waals surface area contributed by atoms with Crippen molar-refractivity contribution < 1.29 is 27.2 Å². The summed E-state index contributed by atoms with van der Waals surface area (Å²) in [5.74, 6) is -6.04. The van der Waals surface area contributed by atoms with E-state index in [1.54, 1.807) is 6.92 Å². The number of amides is 2. The molecular weight excluding hydrogens is 468 g/mol. The fourth-order valence-corrected chi connectivity index (χ4v) is 3.02. The summed E-state index contributed by atoms with van der Waals surface area (Å²) in [6.45, 7) is 1.57. The van der Waals surface area contributed by atoms with Crippen molar-refractivity contribution in [1.82, 2.24) is 20.9 Å². The van der Waals surface area contributed by atoms with Gasteiger partial charge in [0, 0.05) is 26.2 Å². The number of carbonyl (C=O) groups excluding carboxylic acids is 2. The zero-order valence-electron chi connectivity index (χ0n) is 17.1. The average Bonchev–Trinajstić information content (AvgIpc) is 2.72. The summed E-state index contributed by atoms with van der Waals surface area (Å²) in [6, 6.07) is 5.05. The number of rotatable bonds is 4. The maximum atomic E-state index is 13.8. The van der Waals surface area contributed by atoms with Gasteiger partial charge in [-0.1, -0.05) is 24.4 Å². The summed E-state index contributed by atoms with van der Waals surface area (Å²) in [6.07, 6.45) is 0. The lowest BCUT2D eigenvalue weighted by molar-refractivity contribution is 0.0750. The van der Waals surface area contributed by atoms with Gasteiger partial charge in [0.05, 0.1) is 17.0 Å². The molecule has 2 amide bonds. The number of carbonyl (C=O) groups is 2. The number of nitrogens with zero attached hydrogens (tertiary/aromatic N) is 2. The molecule has 0 aliphatic carbocycles. The second kappa shape index (κ2) is 10.5. The molecule has 12 heteroatoms. The highest BCUT2D eigenvalue weighted by atomic mass is 32.1. The van der Waals surface area contributed by atoms with Gasteiger partial charge in [-0.2, -0.15) is 0 Å². The van der Waals surface area contributed by atoms with E-state index in [0.29, 0.717) is 12.1 Å². The highest BCUT2D eigenvalue weighted by molar-refractivity contribution is 7.82. The Morgan fingerprint density at radius 3 is 1.44 bits per heavy atom. The number of hydrogen-bond acceptors (Lipinski definition) is 4. The third-order valence-corrected chi connectivity index (χ3v) is 5.16. The lowest BCUT2D eigenvalue weighted by atomic mass is 10.1. The number of benzene rings is 2. The van der Waals surface area contributed by atoms with Gasteiger partial charge < -0.3 is 0 Å². The molecule has 0 aliphatic rings. The minimum absolute atomic E-state index is 0.0506. The minimum atomic E-state index is -1.03. The van der Waals surface area contributed by atoms with Crippen LogP contribution in [0.2, 0.25) is 0 Å². The van der Waals surface area contributed by atoms with Gasteiger partial charge in [-0.15, -0.1) is 0 Å². The second-order valence-corrected chi connectivity index (χ2v) is 7.53. The molecule has 6 nitrogen and oxygen atoms in total. The van der Waals surface area contributed by atoms with E-state index in [0.717, 1.165) is 34.3 Å². The molecule has 0 bridgehead atoms. The third kappa shape index (κ3) is 5.98. The molecule has 2 N–H and O–H groups in total. The fraction of sp³-hybridized carbons (Fsp3) is 0.200. The first-order valence-electron chi connectivity index (χ1n) is 8.99. The summed E-state index contributed by atoms with van der Waals surface area (Å²) in [7, 11) is 2.57. The Balaban J connectivity index is 1.99. The van der Waals surface area contributed by atoms with Crippen LogP contribution in [0.3, 0.4) is 0 Å². The monoisotopic (exact) mass is 486 g/mol. The van der Waals surface area contributed by atoms with Crippen molar-refractivity contribution in [1.29, 1.82) is 0 Å². The summed E-state index contributed by atoms with van der Waals surface area (Å²) in [5, 5.41) is 1.81. The van der Waals surface area contributed by atoms with Crippen LogP contribution < -0.4 is 10.9 Å². The summed E-state index contributed by atoms with van der Waals surface area (Å²) in [5.41, 5.74) is 4.40. The van der Waals surface area contributed by atoms with E-state index < -0.39 is 41.0 Å². The molecule has 0 aromatic heterocycles. The van der Waals surface area contributed by atoms with Gasteiger partial charge in [0.15, 0.2) is 0 Å². The van der Waals surface area contributed by atoms with E-state index in [9.17, 15) is 27.2 Å². The molecule has 0 radical (unpaired) electrons. The van der Waals surface area contributed by atoms with Crippen molar-refractivity contribution in [3.63, 3.8) is 0 Å². The van der Waals surface area contributed by atoms with Crippen LogP contribution in [0.25, 0.3) is 0 Å². The van der Waals surface area contributed by atoms with E-state index in [-0.39, 0.29) is 21.1 Å². The lowest BCUT2D eigenvalue weighted by Crippen LogP contribution is -2.50. The Bertz CT molecular complexity index is 1000. The van der Waals surface area contributed by atoms with Gasteiger partial charge in [0.25, 0.3) is 11.8 Å². The smallest absolute Gasteiger partial charge is 0.274 e. The van der Waals surface area contributed by atoms with Crippen LogP contribution in [-0.4, -0.2) is 45.9 Å². The number of nitrogens with one attached hydrogen (secondary N) is 2. The lowest BCUT2D eigenvalue weighted by Gasteiger charge is -2.26. The predicted octanol–water partition coefficient (Wildman–Crippen LogP) is 3.39. The van der Waals surface area contributed by atoms with Crippen LogP contribution in [0.4, 0.5) is 17.6 Å². The van der Waals surface area contributed by atoms with Gasteiger partial charge in [0.2, 0.25) is 0 Å². The van der Waals surface area contributed by atoms with Crippen molar-refractivity contribution in [2.75, 3.05) is 14.1 Å². The Kier molecular flexibility index (Phi) is 8.22. The number of hydrazine groups is 2. The minimum Gasteiger partial charge on any atom is -0.289 e. The molecule has 2 rings (SSSR count). The highest BCUT2D eigenvalue weighted by Crippen LogP contribution is 2.13. The Morgan fingerprint density at radius 1 is 0.781 bits per heavy atom. The second-order valence-electron chi connectivity index (χ2n) is 6.65. The summed E-state index contributed by atoms with van der Waals surface area (Å²) in [4.78, 5) is 24.8. The molecule has 0 spiro atoms. The van der Waals surface area contributed by atoms with Crippen LogP contribution in [0.15, 0.2) is 36.4 Å². The summed E-state index contributed by atoms with van der Waals surface area (Å²) < 4.78 is 53.7. The van der Waals surface area contributed by atoms with Gasteiger partial charge in [0.1, 0.15) is 33.2 Å². The number of halogens is 4. The van der Waals surface area contributed by atoms with Crippen LogP contribution in [0, 0.1) is 29.2 Å². The van der Waals surface area contributed by atoms with E-state index in [4.69, 9.17) is 24.4 Å². The Labute approximate surface area is 192 Å². The first kappa shape index (κ1) is 25.1. The topological polar surface area (TPSA) is 64.7 Å². The van der Waals surface area contributed by atoms with Crippen LogP contribution >= 0.6 is 24.4 Å². The van der Waals surface area contributed by atoms with Gasteiger partial charge in [-0.05, 0) is 31.2 Å². The van der Waals surface area contributed by atoms with Crippen molar-refractivity contribution in [3.8, 4) is 0 Å². The predicted molar refractivity (Wildman–Crippen MR) is 118 cm³/mol. The highest BCUT2D eigenvalue weighted by Gasteiger charge is 2.23. The number of thiocarbonyl (C=S) groups is 2. The normalized spacial score (nSPS) is 10.5. The van der Waals surface area contributed by atoms with Gasteiger partial charge >= 0.3 is 0 Å². The quantitative estimate of drug-likeness (QED) is 0.393. The fourth-order valence-electron chi connectivity index (χ4n) is 2.43. The van der Waals surface area contributed by atoms with E-state index in [1.165, 1.54) is 14.1 Å². The largest absolute Gasteiger partial charge is 0.289 e. The van der Waals surface area contributed by atoms with Crippen LogP contribution in [0.5, 0.6) is 0 Å². The van der Waals surface area contributed by atoms with Crippen molar-refractivity contribution in [2.24, 2.45) is 5.92 Å². The van der Waals surface area contributed by atoms with Crippen molar-refractivity contribution in [2.45, 2.75) is 6.92 Å². The first-order chi connectivity index (χ1) is 14.9. The van der Waals surface area contributed by atoms with Crippen molar-refractivity contribution >= 4 is 46.2 Å². The molecule has 0 unspecified atom stereocenters. The van der Waals surface area contributed by atoms with Crippen molar-refractivity contribution in [3.05, 3.63) is 70.8 Å². The first-order valence-corrected chi connectivity index (χ1v) is 9.81. The molecule has 0 heterocycles. The van der Waals surface area contributed by atoms with E-state index in [2.05, 4.69) is 10.9 Å². The molecule has 0 aliphatic heterocycles. The SMILES string of the molecule is CC(C(=S)NN(C)C(=O)c1ccc(F)cc1F)C(=S)NN(C)C(=O)c1ccc(F)cc1F. The van der Waals surface area contributed by atoms with Gasteiger partial charge in [-0.3, -0.25) is 30.5 Å². The molecule has 0 saturated heterocycles. The maximum absolute atomic E-state index is 13.8. The molecule has 0 fully saturated rings. The zero-order chi connectivity index (χ0) is 24.2. The number of hydrogen-bond donors (Lipinski definition) is 2. The van der Waals surface area contributed by atoms with E-state index in [1.807, 2.05) is 0 Å². The maximum Gasteiger partial charge on any atom is 0.274 e. The molecule has 32 heavy (non-hydrogen) atoms. The Hall–Kier alpha value is -3.12. The van der Waals surface area contributed by atoms with Crippen LogP contribution in [-0.2, 0) is 0 Å². The third-order valence-electron chi connectivity index (χ3n) is 4.27. The molecule has 2 aromatic rings. The standard InChI is InChI=1S/C20H18F4N4O2S2/c1-10(17(31)25-27(2)19(29)13-6-4-11(21)8-15(13)23)18(32)26-28(3)20(30)14-7-5-12(22)9-16(14)24/h4-10H,1-3H3,(H,25,31)(H,26,32). The molecular formula is C20H18F4N4O2S2.